The van der Waals surface area contributed by atoms with E-state index in [0.29, 0.717) is 12.5 Å². The number of nitrogens with zero attached hydrogens (tertiary/aromatic N) is 1. The third-order valence-electron chi connectivity index (χ3n) is 3.55. The van der Waals surface area contributed by atoms with Crippen molar-refractivity contribution < 1.29 is 9.18 Å². The molecule has 0 saturated carbocycles. The summed E-state index contributed by atoms with van der Waals surface area (Å²) in [5.41, 5.74) is 0.993. The zero-order valence-electron chi connectivity index (χ0n) is 12.5. The molecule has 106 valence electrons. The SMILES string of the molecule is CC(C)C(=O)[C@H](Cc1ccc(F)cc1)N(C)C(C)C. The third-order valence-corrected chi connectivity index (χ3v) is 3.55. The van der Waals surface area contributed by atoms with Gasteiger partial charge in [0, 0.05) is 12.0 Å². The van der Waals surface area contributed by atoms with Gasteiger partial charge in [0.1, 0.15) is 5.82 Å². The molecule has 0 aromatic heterocycles. The van der Waals surface area contributed by atoms with Crippen LogP contribution in [0.5, 0.6) is 0 Å². The maximum atomic E-state index is 12.9. The lowest BCUT2D eigenvalue weighted by Crippen LogP contribution is -2.45. The van der Waals surface area contributed by atoms with Crippen molar-refractivity contribution in [1.82, 2.24) is 4.90 Å². The fraction of sp³-hybridized carbons (Fsp3) is 0.562. The Morgan fingerprint density at radius 1 is 1.16 bits per heavy atom. The molecule has 0 fully saturated rings. The number of carbonyl (C=O) groups excluding carboxylic acids is 1. The molecular formula is C16H24FNO. The van der Waals surface area contributed by atoms with Crippen molar-refractivity contribution in [2.75, 3.05) is 7.05 Å². The summed E-state index contributed by atoms with van der Waals surface area (Å²) < 4.78 is 12.9. The summed E-state index contributed by atoms with van der Waals surface area (Å²) in [4.78, 5) is 14.4. The number of likely N-dealkylation sites (N-methyl/N-ethyl adjacent to an activating group) is 1. The Morgan fingerprint density at radius 2 is 1.68 bits per heavy atom. The lowest BCUT2D eigenvalue weighted by Gasteiger charge is -2.31. The highest BCUT2D eigenvalue weighted by Gasteiger charge is 2.26. The minimum Gasteiger partial charge on any atom is -0.298 e. The van der Waals surface area contributed by atoms with E-state index in [1.54, 1.807) is 12.1 Å². The van der Waals surface area contributed by atoms with Crippen molar-refractivity contribution in [2.24, 2.45) is 5.92 Å². The van der Waals surface area contributed by atoms with Crippen molar-refractivity contribution in [2.45, 2.75) is 46.2 Å². The van der Waals surface area contributed by atoms with Gasteiger partial charge in [-0.1, -0.05) is 26.0 Å². The molecule has 0 bridgehead atoms. The molecule has 1 aromatic rings. The molecule has 0 radical (unpaired) electrons. The van der Waals surface area contributed by atoms with Crippen LogP contribution in [-0.4, -0.2) is 29.8 Å². The van der Waals surface area contributed by atoms with Crippen LogP contribution in [0.2, 0.25) is 0 Å². The molecule has 0 unspecified atom stereocenters. The van der Waals surface area contributed by atoms with E-state index in [-0.39, 0.29) is 23.6 Å². The number of ketones is 1. The number of Topliss-reactive ketones (excluding diaryl/α,β-unsaturated/α-hetero) is 1. The molecule has 0 amide bonds. The summed E-state index contributed by atoms with van der Waals surface area (Å²) >= 11 is 0. The Balaban J connectivity index is 2.91. The molecule has 19 heavy (non-hydrogen) atoms. The normalized spacial score (nSPS) is 13.3. The first-order valence-corrected chi connectivity index (χ1v) is 6.83. The molecule has 0 aliphatic carbocycles. The monoisotopic (exact) mass is 265 g/mol. The van der Waals surface area contributed by atoms with Gasteiger partial charge in [0.05, 0.1) is 6.04 Å². The first-order chi connectivity index (χ1) is 8.82. The van der Waals surface area contributed by atoms with Gasteiger partial charge in [-0.2, -0.15) is 0 Å². The molecule has 0 N–H and O–H groups in total. The Labute approximate surface area is 115 Å². The second kappa shape index (κ2) is 6.80. The third kappa shape index (κ3) is 4.43. The highest BCUT2D eigenvalue weighted by molar-refractivity contribution is 5.86. The molecule has 1 aromatic carbocycles. The largest absolute Gasteiger partial charge is 0.298 e. The van der Waals surface area contributed by atoms with Crippen molar-refractivity contribution in [3.05, 3.63) is 35.6 Å². The minimum atomic E-state index is -0.243. The number of halogens is 1. The van der Waals surface area contributed by atoms with Crippen molar-refractivity contribution in [3.8, 4) is 0 Å². The zero-order chi connectivity index (χ0) is 14.6. The van der Waals surface area contributed by atoms with Gasteiger partial charge in [0.2, 0.25) is 0 Å². The molecule has 0 heterocycles. The smallest absolute Gasteiger partial charge is 0.152 e. The summed E-state index contributed by atoms with van der Waals surface area (Å²) in [5.74, 6) is -0.000117. The summed E-state index contributed by atoms with van der Waals surface area (Å²) in [6.07, 6.45) is 0.631. The van der Waals surface area contributed by atoms with Gasteiger partial charge in [-0.3, -0.25) is 9.69 Å². The Kier molecular flexibility index (Phi) is 5.67. The summed E-state index contributed by atoms with van der Waals surface area (Å²) in [6.45, 7) is 8.00. The molecule has 3 heteroatoms. The predicted molar refractivity (Wildman–Crippen MR) is 76.6 cm³/mol. The second-order valence-corrected chi connectivity index (χ2v) is 5.66. The van der Waals surface area contributed by atoms with Gasteiger partial charge < -0.3 is 0 Å². The molecule has 0 aliphatic heterocycles. The Morgan fingerprint density at radius 3 is 2.11 bits per heavy atom. The van der Waals surface area contributed by atoms with Crippen LogP contribution >= 0.6 is 0 Å². The predicted octanol–water partition coefficient (Wildman–Crippen LogP) is 3.30. The number of benzene rings is 1. The summed E-state index contributed by atoms with van der Waals surface area (Å²) in [7, 11) is 1.97. The van der Waals surface area contributed by atoms with Crippen LogP contribution in [0.3, 0.4) is 0 Å². The standard InChI is InChI=1S/C16H24FNO/c1-11(2)16(19)15(18(5)12(3)4)10-13-6-8-14(17)9-7-13/h6-9,11-12,15H,10H2,1-5H3/t15-/m0/s1. The van der Waals surface area contributed by atoms with Gasteiger partial charge in [-0.05, 0) is 45.0 Å². The van der Waals surface area contributed by atoms with Crippen LogP contribution in [0.15, 0.2) is 24.3 Å². The van der Waals surface area contributed by atoms with E-state index in [9.17, 15) is 9.18 Å². The number of hydrogen-bond donors (Lipinski definition) is 0. The quantitative estimate of drug-likeness (QED) is 0.786. The Bertz CT molecular complexity index is 411. The van der Waals surface area contributed by atoms with Gasteiger partial charge in [-0.25, -0.2) is 4.39 Å². The van der Waals surface area contributed by atoms with E-state index in [4.69, 9.17) is 0 Å². The summed E-state index contributed by atoms with van der Waals surface area (Å²) in [5, 5.41) is 0. The van der Waals surface area contributed by atoms with Crippen LogP contribution in [0.25, 0.3) is 0 Å². The molecular weight excluding hydrogens is 241 g/mol. The van der Waals surface area contributed by atoms with Gasteiger partial charge in [0.25, 0.3) is 0 Å². The van der Waals surface area contributed by atoms with Crippen LogP contribution in [0.1, 0.15) is 33.3 Å². The topological polar surface area (TPSA) is 20.3 Å². The molecule has 1 atom stereocenters. The lowest BCUT2D eigenvalue weighted by atomic mass is 9.94. The molecule has 0 spiro atoms. The number of carbonyl (C=O) groups is 1. The molecule has 0 aliphatic rings. The molecule has 1 rings (SSSR count). The fourth-order valence-corrected chi connectivity index (χ4v) is 2.03. The van der Waals surface area contributed by atoms with Gasteiger partial charge in [0.15, 0.2) is 5.78 Å². The summed E-state index contributed by atoms with van der Waals surface area (Å²) in [6, 6.07) is 6.55. The minimum absolute atomic E-state index is 0.00616. The van der Waals surface area contributed by atoms with Gasteiger partial charge >= 0.3 is 0 Å². The second-order valence-electron chi connectivity index (χ2n) is 5.66. The molecule has 2 nitrogen and oxygen atoms in total. The number of rotatable bonds is 6. The van der Waals surface area contributed by atoms with Crippen molar-refractivity contribution in [3.63, 3.8) is 0 Å². The first-order valence-electron chi connectivity index (χ1n) is 6.83. The van der Waals surface area contributed by atoms with E-state index in [0.717, 1.165) is 5.56 Å². The maximum Gasteiger partial charge on any atom is 0.152 e. The highest BCUT2D eigenvalue weighted by Crippen LogP contribution is 2.15. The van der Waals surface area contributed by atoms with Crippen molar-refractivity contribution in [1.29, 1.82) is 0 Å². The van der Waals surface area contributed by atoms with E-state index >= 15 is 0 Å². The average molecular weight is 265 g/mol. The van der Waals surface area contributed by atoms with E-state index in [1.165, 1.54) is 12.1 Å². The van der Waals surface area contributed by atoms with E-state index in [1.807, 2.05) is 20.9 Å². The van der Waals surface area contributed by atoms with E-state index in [2.05, 4.69) is 18.7 Å². The number of hydrogen-bond acceptors (Lipinski definition) is 2. The van der Waals surface area contributed by atoms with Crippen LogP contribution in [0.4, 0.5) is 4.39 Å². The van der Waals surface area contributed by atoms with Gasteiger partial charge in [-0.15, -0.1) is 0 Å². The van der Waals surface area contributed by atoms with Crippen molar-refractivity contribution >= 4 is 5.78 Å². The van der Waals surface area contributed by atoms with E-state index < -0.39 is 0 Å². The maximum absolute atomic E-state index is 12.9. The fourth-order valence-electron chi connectivity index (χ4n) is 2.03. The van der Waals surface area contributed by atoms with Crippen LogP contribution in [0, 0.1) is 11.7 Å². The first kappa shape index (κ1) is 15.8. The van der Waals surface area contributed by atoms with Crippen LogP contribution < -0.4 is 0 Å². The highest BCUT2D eigenvalue weighted by atomic mass is 19.1. The zero-order valence-corrected chi connectivity index (χ0v) is 12.5. The Hall–Kier alpha value is -1.22. The average Bonchev–Trinajstić information content (AvgIpc) is 2.36. The van der Waals surface area contributed by atoms with Crippen LogP contribution in [-0.2, 0) is 11.2 Å². The lowest BCUT2D eigenvalue weighted by molar-refractivity contribution is -0.127. The molecule has 0 saturated heterocycles.